The summed E-state index contributed by atoms with van der Waals surface area (Å²) in [5.41, 5.74) is 6.89. The summed E-state index contributed by atoms with van der Waals surface area (Å²) in [7, 11) is 1.87. The molecule has 174 valence electrons. The minimum Gasteiger partial charge on any atom is -0.368 e. The van der Waals surface area contributed by atoms with E-state index in [1.165, 1.54) is 4.90 Å². The van der Waals surface area contributed by atoms with Gasteiger partial charge in [-0.25, -0.2) is 0 Å². The fraction of sp³-hybridized carbons (Fsp3) is 0.292. The van der Waals surface area contributed by atoms with Crippen LogP contribution in [0.4, 0.5) is 23.6 Å². The zero-order valence-electron chi connectivity index (χ0n) is 18.9. The van der Waals surface area contributed by atoms with E-state index in [-0.39, 0.29) is 11.8 Å². The SMILES string of the molecule is CN(c1ccccc1)c1nc(N)nc(-c2noc(N3CCC(CSc4ccccc4)CC3)n2)n1. The van der Waals surface area contributed by atoms with Crippen LogP contribution in [0.3, 0.4) is 0 Å². The number of anilines is 4. The van der Waals surface area contributed by atoms with Gasteiger partial charge in [0.1, 0.15) is 0 Å². The Kier molecular flexibility index (Phi) is 6.57. The van der Waals surface area contributed by atoms with E-state index in [1.54, 1.807) is 0 Å². The highest BCUT2D eigenvalue weighted by Gasteiger charge is 2.24. The van der Waals surface area contributed by atoms with Gasteiger partial charge < -0.3 is 20.1 Å². The first-order valence-electron chi connectivity index (χ1n) is 11.2. The smallest absolute Gasteiger partial charge is 0.324 e. The van der Waals surface area contributed by atoms with Crippen LogP contribution in [0.25, 0.3) is 11.6 Å². The molecule has 34 heavy (non-hydrogen) atoms. The Morgan fingerprint density at radius 2 is 1.65 bits per heavy atom. The molecule has 2 aromatic heterocycles. The number of aromatic nitrogens is 5. The summed E-state index contributed by atoms with van der Waals surface area (Å²) in [5.74, 6) is 2.89. The lowest BCUT2D eigenvalue weighted by atomic mass is 9.99. The van der Waals surface area contributed by atoms with Crippen molar-refractivity contribution in [3.05, 3.63) is 60.7 Å². The predicted molar refractivity (Wildman–Crippen MR) is 134 cm³/mol. The number of piperidine rings is 1. The zero-order valence-corrected chi connectivity index (χ0v) is 19.7. The van der Waals surface area contributed by atoms with Gasteiger partial charge in [0.15, 0.2) is 0 Å². The average molecular weight is 475 g/mol. The summed E-state index contributed by atoms with van der Waals surface area (Å²) in [6.45, 7) is 1.76. The van der Waals surface area contributed by atoms with Crippen molar-refractivity contribution < 1.29 is 4.52 Å². The first-order chi connectivity index (χ1) is 16.7. The van der Waals surface area contributed by atoms with Gasteiger partial charge in [0.2, 0.25) is 23.5 Å². The van der Waals surface area contributed by atoms with Gasteiger partial charge in [-0.1, -0.05) is 41.6 Å². The Balaban J connectivity index is 1.23. The molecule has 10 heteroatoms. The third-order valence-electron chi connectivity index (χ3n) is 5.81. The molecule has 9 nitrogen and oxygen atoms in total. The van der Waals surface area contributed by atoms with Crippen molar-refractivity contribution in [1.29, 1.82) is 0 Å². The van der Waals surface area contributed by atoms with Crippen molar-refractivity contribution in [3.8, 4) is 11.6 Å². The van der Waals surface area contributed by atoms with Crippen molar-refractivity contribution in [2.75, 3.05) is 41.4 Å². The van der Waals surface area contributed by atoms with E-state index in [0.29, 0.717) is 23.7 Å². The van der Waals surface area contributed by atoms with Gasteiger partial charge in [-0.05, 0) is 43.0 Å². The molecule has 0 radical (unpaired) electrons. The monoisotopic (exact) mass is 474 g/mol. The second-order valence-corrected chi connectivity index (χ2v) is 9.26. The van der Waals surface area contributed by atoms with E-state index in [2.05, 4.69) is 60.3 Å². The lowest BCUT2D eigenvalue weighted by molar-refractivity contribution is 0.379. The van der Waals surface area contributed by atoms with Crippen LogP contribution in [0.5, 0.6) is 0 Å². The summed E-state index contributed by atoms with van der Waals surface area (Å²) in [4.78, 5) is 22.8. The lowest BCUT2D eigenvalue weighted by Gasteiger charge is -2.30. The molecule has 0 aliphatic carbocycles. The van der Waals surface area contributed by atoms with Crippen LogP contribution in [0.2, 0.25) is 0 Å². The molecule has 1 aliphatic rings. The van der Waals surface area contributed by atoms with Crippen LogP contribution in [0, 0.1) is 5.92 Å². The summed E-state index contributed by atoms with van der Waals surface area (Å²) in [6.07, 6.45) is 2.17. The van der Waals surface area contributed by atoms with Crippen LogP contribution in [-0.2, 0) is 0 Å². The number of hydrogen-bond donors (Lipinski definition) is 1. The number of hydrogen-bond acceptors (Lipinski definition) is 10. The van der Waals surface area contributed by atoms with Crippen molar-refractivity contribution in [1.82, 2.24) is 25.1 Å². The highest BCUT2D eigenvalue weighted by molar-refractivity contribution is 7.99. The molecule has 0 bridgehead atoms. The Hall–Kier alpha value is -3.66. The number of benzene rings is 2. The van der Waals surface area contributed by atoms with Crippen molar-refractivity contribution in [3.63, 3.8) is 0 Å². The molecule has 1 saturated heterocycles. The van der Waals surface area contributed by atoms with Gasteiger partial charge in [-0.3, -0.25) is 0 Å². The van der Waals surface area contributed by atoms with Gasteiger partial charge in [-0.15, -0.1) is 11.8 Å². The van der Waals surface area contributed by atoms with E-state index in [1.807, 2.05) is 54.0 Å². The Bertz CT molecular complexity index is 1210. The molecule has 2 aromatic carbocycles. The Morgan fingerprint density at radius 1 is 0.941 bits per heavy atom. The minimum absolute atomic E-state index is 0.103. The first kappa shape index (κ1) is 22.1. The van der Waals surface area contributed by atoms with E-state index >= 15 is 0 Å². The van der Waals surface area contributed by atoms with Crippen molar-refractivity contribution >= 4 is 35.4 Å². The Morgan fingerprint density at radius 3 is 2.38 bits per heavy atom. The standard InChI is InChI=1S/C24H26N8OS/c1-31(18-8-4-2-5-9-18)23-27-20(26-22(25)29-23)21-28-24(33-30-21)32-14-12-17(13-15-32)16-34-19-10-6-3-7-11-19/h2-11,17H,12-16H2,1H3,(H2,25,26,27,29). The van der Waals surface area contributed by atoms with Crippen molar-refractivity contribution in [2.24, 2.45) is 5.92 Å². The molecule has 0 unspecified atom stereocenters. The second-order valence-electron chi connectivity index (χ2n) is 8.17. The number of thioether (sulfide) groups is 1. The molecule has 0 amide bonds. The van der Waals surface area contributed by atoms with E-state index in [4.69, 9.17) is 10.3 Å². The molecule has 1 fully saturated rings. The molecule has 0 atom stereocenters. The van der Waals surface area contributed by atoms with Crippen LogP contribution in [0.1, 0.15) is 12.8 Å². The van der Waals surface area contributed by atoms with Crippen LogP contribution < -0.4 is 15.5 Å². The normalized spacial score (nSPS) is 14.3. The molecule has 3 heterocycles. The maximum atomic E-state index is 5.96. The Labute approximate surface area is 202 Å². The number of para-hydroxylation sites is 1. The van der Waals surface area contributed by atoms with E-state index < -0.39 is 0 Å². The average Bonchev–Trinajstić information content (AvgIpc) is 3.39. The largest absolute Gasteiger partial charge is 0.368 e. The summed E-state index contributed by atoms with van der Waals surface area (Å²) >= 11 is 1.92. The number of nitrogen functional groups attached to an aromatic ring is 1. The molecular weight excluding hydrogens is 448 g/mol. The van der Waals surface area contributed by atoms with Gasteiger partial charge in [0.05, 0.1) is 0 Å². The lowest BCUT2D eigenvalue weighted by Crippen LogP contribution is -2.34. The third kappa shape index (κ3) is 5.12. The highest BCUT2D eigenvalue weighted by atomic mass is 32.2. The maximum Gasteiger partial charge on any atom is 0.324 e. The molecule has 0 spiro atoms. The number of rotatable bonds is 7. The van der Waals surface area contributed by atoms with E-state index in [0.717, 1.165) is 37.4 Å². The fourth-order valence-electron chi connectivity index (χ4n) is 3.85. The summed E-state index contributed by atoms with van der Waals surface area (Å²) in [6, 6.07) is 20.8. The molecule has 2 N–H and O–H groups in total. The van der Waals surface area contributed by atoms with Gasteiger partial charge >= 0.3 is 6.01 Å². The topological polar surface area (TPSA) is 110 Å². The number of nitrogens with zero attached hydrogens (tertiary/aromatic N) is 7. The quantitative estimate of drug-likeness (QED) is 0.390. The predicted octanol–water partition coefficient (Wildman–Crippen LogP) is 4.28. The zero-order chi connectivity index (χ0) is 23.3. The molecule has 4 aromatic rings. The molecular formula is C24H26N8OS. The van der Waals surface area contributed by atoms with Crippen molar-refractivity contribution in [2.45, 2.75) is 17.7 Å². The second kappa shape index (κ2) is 10.1. The van der Waals surface area contributed by atoms with E-state index in [9.17, 15) is 0 Å². The molecule has 0 saturated carbocycles. The van der Waals surface area contributed by atoms with Gasteiger partial charge in [-0.2, -0.15) is 19.9 Å². The third-order valence-corrected chi connectivity index (χ3v) is 7.06. The van der Waals surface area contributed by atoms with Gasteiger partial charge in [0, 0.05) is 36.5 Å². The maximum absolute atomic E-state index is 5.96. The van der Waals surface area contributed by atoms with Crippen LogP contribution in [-0.4, -0.2) is 51.0 Å². The molecule has 5 rings (SSSR count). The first-order valence-corrected chi connectivity index (χ1v) is 12.2. The summed E-state index contributed by atoms with van der Waals surface area (Å²) in [5, 5.41) is 4.11. The summed E-state index contributed by atoms with van der Waals surface area (Å²) < 4.78 is 5.55. The minimum atomic E-state index is 0.103. The number of nitrogens with two attached hydrogens (primary N) is 1. The van der Waals surface area contributed by atoms with Crippen LogP contribution >= 0.6 is 11.8 Å². The fourth-order valence-corrected chi connectivity index (χ4v) is 4.97. The van der Waals surface area contributed by atoms with Gasteiger partial charge in [0.25, 0.3) is 0 Å². The highest BCUT2D eigenvalue weighted by Crippen LogP contribution is 2.29. The molecule has 1 aliphatic heterocycles. The van der Waals surface area contributed by atoms with Crippen LogP contribution in [0.15, 0.2) is 70.1 Å².